The van der Waals surface area contributed by atoms with E-state index >= 15 is 0 Å². The molecular formula is C14H19N3. The summed E-state index contributed by atoms with van der Waals surface area (Å²) >= 11 is 0. The van der Waals surface area contributed by atoms with Crippen LogP contribution in [0, 0.1) is 24.2 Å². The Balaban J connectivity index is 2.07. The van der Waals surface area contributed by atoms with E-state index in [1.54, 1.807) is 0 Å². The first-order chi connectivity index (χ1) is 8.17. The smallest absolute Gasteiger partial charge is 0.127 e. The molecule has 2 unspecified atom stereocenters. The first-order valence-corrected chi connectivity index (χ1v) is 6.32. The van der Waals surface area contributed by atoms with Crippen LogP contribution in [0.4, 0.5) is 5.82 Å². The summed E-state index contributed by atoms with van der Waals surface area (Å²) in [6.45, 7) is 4.23. The van der Waals surface area contributed by atoms with E-state index in [-0.39, 0.29) is 0 Å². The number of pyridine rings is 1. The summed E-state index contributed by atoms with van der Waals surface area (Å²) in [7, 11) is 0. The molecule has 3 heteroatoms. The quantitative estimate of drug-likeness (QED) is 0.846. The van der Waals surface area contributed by atoms with Crippen LogP contribution in [0.15, 0.2) is 12.1 Å². The topological polar surface area (TPSA) is 48.7 Å². The first-order valence-electron chi connectivity index (χ1n) is 6.32. The number of nitrogens with one attached hydrogen (secondary N) is 1. The normalized spacial score (nSPS) is 24.1. The zero-order valence-corrected chi connectivity index (χ0v) is 10.5. The van der Waals surface area contributed by atoms with Crippen LogP contribution in [0.5, 0.6) is 0 Å². The van der Waals surface area contributed by atoms with Crippen molar-refractivity contribution in [2.45, 2.75) is 45.6 Å². The molecule has 0 bridgehead atoms. The summed E-state index contributed by atoms with van der Waals surface area (Å²) in [5, 5.41) is 12.4. The highest BCUT2D eigenvalue weighted by molar-refractivity contribution is 5.45. The summed E-state index contributed by atoms with van der Waals surface area (Å²) < 4.78 is 0. The minimum atomic E-state index is 0.514. The van der Waals surface area contributed by atoms with Crippen molar-refractivity contribution in [3.8, 4) is 6.07 Å². The fourth-order valence-corrected chi connectivity index (χ4v) is 2.58. The van der Waals surface area contributed by atoms with E-state index in [0.29, 0.717) is 11.6 Å². The van der Waals surface area contributed by atoms with E-state index < -0.39 is 0 Å². The van der Waals surface area contributed by atoms with E-state index in [9.17, 15) is 0 Å². The van der Waals surface area contributed by atoms with Crippen LogP contribution in [-0.4, -0.2) is 11.0 Å². The van der Waals surface area contributed by atoms with Gasteiger partial charge in [0.05, 0.1) is 11.6 Å². The summed E-state index contributed by atoms with van der Waals surface area (Å²) in [6.07, 6.45) is 5.04. The zero-order valence-electron chi connectivity index (χ0n) is 10.5. The van der Waals surface area contributed by atoms with Gasteiger partial charge in [0, 0.05) is 11.7 Å². The second-order valence-electron chi connectivity index (χ2n) is 5.11. The molecule has 17 heavy (non-hydrogen) atoms. The number of anilines is 1. The molecule has 1 saturated carbocycles. The summed E-state index contributed by atoms with van der Waals surface area (Å²) in [6, 6.07) is 6.34. The van der Waals surface area contributed by atoms with Crippen molar-refractivity contribution in [1.29, 1.82) is 5.26 Å². The van der Waals surface area contributed by atoms with Crippen LogP contribution in [0.3, 0.4) is 0 Å². The van der Waals surface area contributed by atoms with E-state index in [4.69, 9.17) is 5.26 Å². The Morgan fingerprint density at radius 3 is 2.94 bits per heavy atom. The van der Waals surface area contributed by atoms with Gasteiger partial charge < -0.3 is 5.32 Å². The van der Waals surface area contributed by atoms with Crippen molar-refractivity contribution >= 4 is 5.82 Å². The molecule has 1 fully saturated rings. The molecule has 1 N–H and O–H groups in total. The second kappa shape index (κ2) is 5.18. The van der Waals surface area contributed by atoms with Crippen LogP contribution < -0.4 is 5.32 Å². The van der Waals surface area contributed by atoms with Crippen molar-refractivity contribution in [1.82, 2.24) is 4.98 Å². The lowest BCUT2D eigenvalue weighted by molar-refractivity contribution is 0.358. The Morgan fingerprint density at radius 1 is 1.41 bits per heavy atom. The third kappa shape index (κ3) is 3.20. The van der Waals surface area contributed by atoms with Gasteiger partial charge in [-0.2, -0.15) is 5.26 Å². The number of aryl methyl sites for hydroxylation is 1. The summed E-state index contributed by atoms with van der Waals surface area (Å²) in [4.78, 5) is 4.44. The second-order valence-corrected chi connectivity index (χ2v) is 5.11. The lowest BCUT2D eigenvalue weighted by Crippen LogP contribution is -2.26. The van der Waals surface area contributed by atoms with Gasteiger partial charge in [-0.3, -0.25) is 0 Å². The Kier molecular flexibility index (Phi) is 3.63. The predicted molar refractivity (Wildman–Crippen MR) is 68.7 cm³/mol. The highest BCUT2D eigenvalue weighted by atomic mass is 15.0. The maximum atomic E-state index is 8.93. The van der Waals surface area contributed by atoms with Crippen molar-refractivity contribution in [3.05, 3.63) is 23.4 Å². The molecule has 3 nitrogen and oxygen atoms in total. The van der Waals surface area contributed by atoms with Crippen LogP contribution in [-0.2, 0) is 0 Å². The van der Waals surface area contributed by atoms with Gasteiger partial charge in [0.2, 0.25) is 0 Å². The number of nitrogens with zero attached hydrogens (tertiary/aromatic N) is 2. The van der Waals surface area contributed by atoms with E-state index in [0.717, 1.165) is 17.4 Å². The number of aromatic nitrogens is 1. The minimum Gasteiger partial charge on any atom is -0.367 e. The molecule has 90 valence electrons. The van der Waals surface area contributed by atoms with E-state index in [1.807, 2.05) is 19.1 Å². The van der Waals surface area contributed by atoms with Gasteiger partial charge in [-0.15, -0.1) is 0 Å². The molecule has 0 aromatic carbocycles. The molecule has 1 heterocycles. The van der Waals surface area contributed by atoms with Crippen molar-refractivity contribution in [3.63, 3.8) is 0 Å². The molecule has 2 rings (SSSR count). The largest absolute Gasteiger partial charge is 0.367 e. The standard InChI is InChI=1S/C14H19N3/c1-10-4-3-5-13(6-10)17-14-8-12(9-15)7-11(2)16-14/h7-8,10,13H,3-6H2,1-2H3,(H,16,17). The van der Waals surface area contributed by atoms with Gasteiger partial charge in [0.1, 0.15) is 5.82 Å². The third-order valence-corrected chi connectivity index (χ3v) is 3.37. The molecule has 2 atom stereocenters. The van der Waals surface area contributed by atoms with Gasteiger partial charge in [0.25, 0.3) is 0 Å². The molecule has 0 amide bonds. The predicted octanol–water partition coefficient (Wildman–Crippen LogP) is 3.25. The third-order valence-electron chi connectivity index (χ3n) is 3.37. The molecule has 0 aliphatic heterocycles. The highest BCUT2D eigenvalue weighted by Crippen LogP contribution is 2.26. The Hall–Kier alpha value is -1.56. The van der Waals surface area contributed by atoms with Crippen molar-refractivity contribution in [2.75, 3.05) is 5.32 Å². The van der Waals surface area contributed by atoms with Crippen LogP contribution in [0.2, 0.25) is 0 Å². The molecule has 0 spiro atoms. The summed E-state index contributed by atoms with van der Waals surface area (Å²) in [5.74, 6) is 1.64. The molecule has 0 radical (unpaired) electrons. The van der Waals surface area contributed by atoms with Gasteiger partial charge >= 0.3 is 0 Å². The Morgan fingerprint density at radius 2 is 2.24 bits per heavy atom. The average Bonchev–Trinajstić information content (AvgIpc) is 2.28. The highest BCUT2D eigenvalue weighted by Gasteiger charge is 2.18. The lowest BCUT2D eigenvalue weighted by Gasteiger charge is -2.28. The SMILES string of the molecule is Cc1cc(C#N)cc(NC2CCCC(C)C2)n1. The van der Waals surface area contributed by atoms with E-state index in [1.165, 1.54) is 25.7 Å². The molecule has 1 aromatic heterocycles. The maximum absolute atomic E-state index is 8.93. The Bertz CT molecular complexity index is 434. The van der Waals surface area contributed by atoms with Gasteiger partial charge in [-0.1, -0.05) is 19.8 Å². The molecule has 0 saturated heterocycles. The van der Waals surface area contributed by atoms with Crippen LogP contribution in [0.1, 0.15) is 43.9 Å². The Labute approximate surface area is 103 Å². The summed E-state index contributed by atoms with van der Waals surface area (Å²) in [5.41, 5.74) is 1.58. The lowest BCUT2D eigenvalue weighted by atomic mass is 9.87. The zero-order chi connectivity index (χ0) is 12.3. The monoisotopic (exact) mass is 229 g/mol. The number of hydrogen-bond donors (Lipinski definition) is 1. The van der Waals surface area contributed by atoms with E-state index in [2.05, 4.69) is 23.3 Å². The van der Waals surface area contributed by atoms with Crippen LogP contribution >= 0.6 is 0 Å². The fraction of sp³-hybridized carbons (Fsp3) is 0.571. The number of nitriles is 1. The molecular weight excluding hydrogens is 210 g/mol. The average molecular weight is 229 g/mol. The fourth-order valence-electron chi connectivity index (χ4n) is 2.58. The molecule has 1 aromatic rings. The number of rotatable bonds is 2. The van der Waals surface area contributed by atoms with Gasteiger partial charge in [0.15, 0.2) is 0 Å². The molecule has 1 aliphatic rings. The van der Waals surface area contributed by atoms with Crippen LogP contribution in [0.25, 0.3) is 0 Å². The van der Waals surface area contributed by atoms with Gasteiger partial charge in [-0.25, -0.2) is 4.98 Å². The van der Waals surface area contributed by atoms with Crippen molar-refractivity contribution < 1.29 is 0 Å². The minimum absolute atomic E-state index is 0.514. The first kappa shape index (κ1) is 11.9. The van der Waals surface area contributed by atoms with Crippen molar-refractivity contribution in [2.24, 2.45) is 5.92 Å². The maximum Gasteiger partial charge on any atom is 0.127 e. The molecule has 1 aliphatic carbocycles. The number of hydrogen-bond acceptors (Lipinski definition) is 3. The van der Waals surface area contributed by atoms with Gasteiger partial charge in [-0.05, 0) is 37.8 Å².